The fourth-order valence-corrected chi connectivity index (χ4v) is 6.68. The number of hydrogen-bond acceptors (Lipinski definition) is 3. The number of fused-ring (bicyclic) bond motifs is 1. The summed E-state index contributed by atoms with van der Waals surface area (Å²) >= 11 is 6.22. The predicted molar refractivity (Wildman–Crippen MR) is 137 cm³/mol. The Morgan fingerprint density at radius 3 is 2.06 bits per heavy atom. The Morgan fingerprint density at radius 1 is 0.917 bits per heavy atom. The summed E-state index contributed by atoms with van der Waals surface area (Å²) in [6.07, 6.45) is 5.76. The van der Waals surface area contributed by atoms with Gasteiger partial charge in [-0.1, -0.05) is 68.3 Å². The van der Waals surface area contributed by atoms with Crippen LogP contribution < -0.4 is 16.0 Å². The molecule has 2 fully saturated rings. The van der Waals surface area contributed by atoms with Gasteiger partial charge in [0.05, 0.1) is 27.9 Å². The Kier molecular flexibility index (Phi) is 7.12. The molecular formula is C28H33ClF3N3O. The third-order valence-electron chi connectivity index (χ3n) is 8.14. The molecule has 1 heterocycles. The van der Waals surface area contributed by atoms with Gasteiger partial charge in [0.25, 0.3) is 0 Å². The van der Waals surface area contributed by atoms with Gasteiger partial charge in [-0.05, 0) is 61.4 Å². The second-order valence-electron chi connectivity index (χ2n) is 10.5. The Morgan fingerprint density at radius 2 is 1.50 bits per heavy atom. The second-order valence-corrected chi connectivity index (χ2v) is 10.9. The lowest BCUT2D eigenvalue weighted by Gasteiger charge is -2.44. The van der Waals surface area contributed by atoms with Crippen LogP contribution in [0.5, 0.6) is 0 Å². The third kappa shape index (κ3) is 4.91. The lowest BCUT2D eigenvalue weighted by Crippen LogP contribution is -2.56. The first-order valence-corrected chi connectivity index (χ1v) is 13.5. The zero-order valence-electron chi connectivity index (χ0n) is 20.3. The maximum atomic E-state index is 14.1. The van der Waals surface area contributed by atoms with Crippen LogP contribution in [0.4, 0.5) is 24.5 Å². The molecule has 0 spiro atoms. The molecule has 8 heteroatoms. The number of alkyl halides is 3. The Labute approximate surface area is 215 Å². The van der Waals surface area contributed by atoms with E-state index in [2.05, 4.69) is 16.0 Å². The summed E-state index contributed by atoms with van der Waals surface area (Å²) in [5.74, 6) is -0.490. The number of nitrogens with one attached hydrogen (secondary N) is 3. The zero-order valence-corrected chi connectivity index (χ0v) is 21.0. The molecule has 36 heavy (non-hydrogen) atoms. The van der Waals surface area contributed by atoms with E-state index >= 15 is 0 Å². The molecule has 0 bridgehead atoms. The van der Waals surface area contributed by atoms with Crippen molar-refractivity contribution in [3.05, 3.63) is 58.6 Å². The standard InChI is InChI=1S/C28H33ClF3N3O/c29-22-17-19(15-16-21(22)28(30,31)32)27(34-23-13-7-8-14-24(23)35-27)25(18-9-3-1-4-10-18)26(36)33-20-11-5-2-6-12-20/h7-8,13-18,20,25,34-35H,1-6,9-12H2,(H,33,36). The highest BCUT2D eigenvalue weighted by Gasteiger charge is 2.52. The summed E-state index contributed by atoms with van der Waals surface area (Å²) in [5.41, 5.74) is 0.184. The summed E-state index contributed by atoms with van der Waals surface area (Å²) in [7, 11) is 0. The Bertz CT molecular complexity index is 1070. The molecule has 0 radical (unpaired) electrons. The number of amides is 1. The van der Waals surface area contributed by atoms with Crippen LogP contribution >= 0.6 is 11.6 Å². The first-order valence-electron chi connectivity index (χ1n) is 13.1. The molecule has 2 aromatic carbocycles. The summed E-state index contributed by atoms with van der Waals surface area (Å²) in [4.78, 5) is 14.1. The first kappa shape index (κ1) is 25.2. The van der Waals surface area contributed by atoms with E-state index in [4.69, 9.17) is 11.6 Å². The van der Waals surface area contributed by atoms with Crippen LogP contribution in [0.1, 0.15) is 75.3 Å². The Hall–Kier alpha value is -2.41. The van der Waals surface area contributed by atoms with Crippen molar-refractivity contribution in [3.63, 3.8) is 0 Å². The maximum Gasteiger partial charge on any atom is 0.417 e. The minimum atomic E-state index is -4.55. The van der Waals surface area contributed by atoms with Crippen molar-refractivity contribution in [3.8, 4) is 0 Å². The SMILES string of the molecule is O=C(NC1CCCCC1)C(C1CCCCC1)C1(c2ccc(C(F)(F)F)c(Cl)c2)Nc2ccccc2N1. The van der Waals surface area contributed by atoms with Crippen LogP contribution in [-0.4, -0.2) is 11.9 Å². The van der Waals surface area contributed by atoms with Crippen molar-refractivity contribution in [2.75, 3.05) is 10.6 Å². The van der Waals surface area contributed by atoms with Crippen molar-refractivity contribution >= 4 is 28.9 Å². The van der Waals surface area contributed by atoms with Gasteiger partial charge in [-0.15, -0.1) is 0 Å². The van der Waals surface area contributed by atoms with Crippen LogP contribution in [0.3, 0.4) is 0 Å². The van der Waals surface area contributed by atoms with Crippen molar-refractivity contribution in [2.45, 2.75) is 82.1 Å². The fourth-order valence-electron chi connectivity index (χ4n) is 6.40. The highest BCUT2D eigenvalue weighted by molar-refractivity contribution is 6.31. The van der Waals surface area contributed by atoms with Crippen LogP contribution in [0.15, 0.2) is 42.5 Å². The van der Waals surface area contributed by atoms with Crippen LogP contribution in [0.25, 0.3) is 0 Å². The summed E-state index contributed by atoms with van der Waals surface area (Å²) < 4.78 is 40.6. The predicted octanol–water partition coefficient (Wildman–Crippen LogP) is 7.69. The van der Waals surface area contributed by atoms with Crippen molar-refractivity contribution < 1.29 is 18.0 Å². The van der Waals surface area contributed by atoms with Gasteiger partial charge in [-0.3, -0.25) is 4.79 Å². The van der Waals surface area contributed by atoms with Gasteiger partial charge in [-0.2, -0.15) is 13.2 Å². The monoisotopic (exact) mass is 519 g/mol. The van der Waals surface area contributed by atoms with Gasteiger partial charge in [0.2, 0.25) is 5.91 Å². The van der Waals surface area contributed by atoms with E-state index in [-0.39, 0.29) is 22.9 Å². The van der Waals surface area contributed by atoms with E-state index in [1.807, 2.05) is 24.3 Å². The van der Waals surface area contributed by atoms with E-state index < -0.39 is 23.3 Å². The molecule has 4 nitrogen and oxygen atoms in total. The molecule has 2 saturated carbocycles. The molecule has 1 atom stereocenters. The van der Waals surface area contributed by atoms with Gasteiger partial charge in [0.15, 0.2) is 0 Å². The molecule has 0 aromatic heterocycles. The summed E-state index contributed by atoms with van der Waals surface area (Å²) in [6.45, 7) is 0. The quantitative estimate of drug-likeness (QED) is 0.379. The second kappa shape index (κ2) is 10.2. The van der Waals surface area contributed by atoms with Crippen LogP contribution in [0.2, 0.25) is 5.02 Å². The van der Waals surface area contributed by atoms with E-state index in [1.165, 1.54) is 18.6 Å². The number of anilines is 2. The minimum absolute atomic E-state index is 0.0439. The van der Waals surface area contributed by atoms with Gasteiger partial charge in [-0.25, -0.2) is 0 Å². The molecule has 194 valence electrons. The number of hydrogen-bond donors (Lipinski definition) is 3. The van der Waals surface area contributed by atoms with Gasteiger partial charge in [0.1, 0.15) is 5.66 Å². The van der Waals surface area contributed by atoms with Gasteiger partial charge < -0.3 is 16.0 Å². The largest absolute Gasteiger partial charge is 0.417 e. The summed E-state index contributed by atoms with van der Waals surface area (Å²) in [6, 6.07) is 11.7. The van der Waals surface area contributed by atoms with Crippen molar-refractivity contribution in [1.29, 1.82) is 0 Å². The fraction of sp³-hybridized carbons (Fsp3) is 0.536. The molecule has 0 saturated heterocycles. The lowest BCUT2D eigenvalue weighted by molar-refractivity contribution is -0.137. The summed E-state index contributed by atoms with van der Waals surface area (Å²) in [5, 5.41) is 10.1. The molecule has 3 aliphatic rings. The molecule has 1 amide bonds. The van der Waals surface area contributed by atoms with Crippen molar-refractivity contribution in [1.82, 2.24) is 5.32 Å². The van der Waals surface area contributed by atoms with E-state index in [9.17, 15) is 18.0 Å². The van der Waals surface area contributed by atoms with E-state index in [0.29, 0.717) is 5.56 Å². The molecule has 2 aromatic rings. The highest BCUT2D eigenvalue weighted by atomic mass is 35.5. The van der Waals surface area contributed by atoms with E-state index in [0.717, 1.165) is 75.2 Å². The number of benzene rings is 2. The molecule has 5 rings (SSSR count). The smallest absolute Gasteiger partial charge is 0.357 e. The third-order valence-corrected chi connectivity index (χ3v) is 8.46. The van der Waals surface area contributed by atoms with Crippen LogP contribution in [0, 0.1) is 11.8 Å². The number of halogens is 4. The maximum absolute atomic E-state index is 14.1. The molecule has 1 unspecified atom stereocenters. The normalized spacial score (nSPS) is 21.2. The number of carbonyl (C=O) groups excluding carboxylic acids is 1. The average molecular weight is 520 g/mol. The molecular weight excluding hydrogens is 487 g/mol. The highest BCUT2D eigenvalue weighted by Crippen LogP contribution is 2.50. The number of rotatable bonds is 5. The average Bonchev–Trinajstić information content (AvgIpc) is 3.25. The van der Waals surface area contributed by atoms with Crippen molar-refractivity contribution in [2.24, 2.45) is 11.8 Å². The topological polar surface area (TPSA) is 53.2 Å². The molecule has 1 aliphatic heterocycles. The molecule has 2 aliphatic carbocycles. The number of para-hydroxylation sites is 2. The minimum Gasteiger partial charge on any atom is -0.357 e. The Balaban J connectivity index is 1.60. The van der Waals surface area contributed by atoms with Gasteiger partial charge in [0, 0.05) is 6.04 Å². The zero-order chi connectivity index (χ0) is 25.3. The number of carbonyl (C=O) groups is 1. The lowest BCUT2D eigenvalue weighted by atomic mass is 9.71. The van der Waals surface area contributed by atoms with Crippen LogP contribution in [-0.2, 0) is 16.6 Å². The first-order chi connectivity index (χ1) is 17.3. The molecule has 3 N–H and O–H groups in total. The van der Waals surface area contributed by atoms with Gasteiger partial charge >= 0.3 is 6.18 Å². The van der Waals surface area contributed by atoms with E-state index in [1.54, 1.807) is 0 Å².